The Morgan fingerprint density at radius 2 is 1.00 bits per heavy atom. The first-order valence-corrected chi connectivity index (χ1v) is 19.1. The van der Waals surface area contributed by atoms with Crippen LogP contribution in [-0.4, -0.2) is 20.5 Å². The molecule has 0 saturated heterocycles. The van der Waals surface area contributed by atoms with Crippen molar-refractivity contribution in [1.29, 1.82) is 0 Å². The molecule has 0 N–H and O–H groups in total. The zero-order valence-corrected chi connectivity index (χ0v) is 24.4. The first-order valence-electron chi connectivity index (χ1n) is 11.2. The smallest absolute Gasteiger partial charge is 0.0662 e. The van der Waals surface area contributed by atoms with E-state index in [1.807, 2.05) is 31.2 Å². The van der Waals surface area contributed by atoms with Gasteiger partial charge in [-0.2, -0.15) is 22.9 Å². The van der Waals surface area contributed by atoms with Crippen molar-refractivity contribution in [1.82, 2.24) is 0 Å². The average Bonchev–Trinajstić information content (AvgIpc) is 3.20. The van der Waals surface area contributed by atoms with Gasteiger partial charge in [-0.05, 0) is 0 Å². The summed E-state index contributed by atoms with van der Waals surface area (Å²) in [6, 6.07) is 22.6. The van der Waals surface area contributed by atoms with Gasteiger partial charge in [0.2, 0.25) is 0 Å². The molecule has 0 saturated carbocycles. The molecule has 0 unspecified atom stereocenters. The van der Waals surface area contributed by atoms with E-state index in [0.717, 1.165) is 0 Å². The Kier molecular flexibility index (Phi) is 8.81. The molecule has 4 aromatic carbocycles. The van der Waals surface area contributed by atoms with Crippen LogP contribution in [0.3, 0.4) is 0 Å². The molecule has 0 nitrogen and oxygen atoms in total. The summed E-state index contributed by atoms with van der Waals surface area (Å²) in [5.74, 6) is 0. The zero-order valence-electron chi connectivity index (χ0n) is 20.9. The van der Waals surface area contributed by atoms with Crippen LogP contribution < -0.4 is 10.4 Å². The van der Waals surface area contributed by atoms with E-state index in [2.05, 4.69) is 114 Å². The third-order valence-corrected chi connectivity index (χ3v) is 9.51. The zero-order chi connectivity index (χ0) is 23.4. The standard InChI is InChI=1S/2C13H17Si.C2H4.Ti/c2*1-10-8-11-6-5-7-13(12(11)9-10)14(2,3)4;1-2;/h2*5-9H,1-4H3;1H,2H3;/q2*-1;;+2. The minimum Gasteiger partial charge on any atom is -0.165 e. The van der Waals surface area contributed by atoms with Crippen molar-refractivity contribution in [2.75, 3.05) is 0 Å². The molecular weight excluding hydrogens is 440 g/mol. The maximum absolute atomic E-state index is 2.41. The summed E-state index contributed by atoms with van der Waals surface area (Å²) in [4.78, 5) is 0. The van der Waals surface area contributed by atoms with Gasteiger partial charge < -0.3 is 0 Å². The van der Waals surface area contributed by atoms with Gasteiger partial charge in [-0.1, -0.05) is 65.3 Å². The summed E-state index contributed by atoms with van der Waals surface area (Å²) in [5, 5.41) is 8.93. The van der Waals surface area contributed by atoms with E-state index in [0.29, 0.717) is 0 Å². The molecule has 162 valence electrons. The number of fused-ring (bicyclic) bond motifs is 2. The maximum Gasteiger partial charge on any atom is 0.0662 e. The third-order valence-electron chi connectivity index (χ3n) is 5.41. The van der Waals surface area contributed by atoms with Crippen molar-refractivity contribution >= 4 is 52.4 Å². The Morgan fingerprint density at radius 3 is 1.29 bits per heavy atom. The van der Waals surface area contributed by atoms with Crippen molar-refractivity contribution in [2.45, 2.75) is 60.1 Å². The Morgan fingerprint density at radius 1 is 0.677 bits per heavy atom. The molecule has 4 aromatic rings. The molecule has 0 radical (unpaired) electrons. The molecule has 0 aliphatic carbocycles. The largest absolute Gasteiger partial charge is 0.165 e. The van der Waals surface area contributed by atoms with Gasteiger partial charge in [-0.3, -0.25) is 0 Å². The van der Waals surface area contributed by atoms with E-state index in [9.17, 15) is 0 Å². The molecule has 0 heterocycles. The normalized spacial score (nSPS) is 11.6. The van der Waals surface area contributed by atoms with Gasteiger partial charge in [-0.25, -0.2) is 0 Å². The average molecular weight is 479 g/mol. The van der Waals surface area contributed by atoms with E-state index in [1.54, 1.807) is 10.4 Å². The molecular formula is C28H38Si2Ti. The molecule has 3 heteroatoms. The van der Waals surface area contributed by atoms with Gasteiger partial charge in [0.1, 0.15) is 0 Å². The fourth-order valence-electron chi connectivity index (χ4n) is 4.08. The van der Waals surface area contributed by atoms with Gasteiger partial charge in [0.15, 0.2) is 0 Å². The van der Waals surface area contributed by atoms with Crippen molar-refractivity contribution in [3.05, 3.63) is 71.8 Å². The topological polar surface area (TPSA) is 0 Å². The third kappa shape index (κ3) is 6.83. The summed E-state index contributed by atoms with van der Waals surface area (Å²) in [7, 11) is -2.37. The fraction of sp³-hybridized carbons (Fsp3) is 0.321. The van der Waals surface area contributed by atoms with Crippen LogP contribution in [0.1, 0.15) is 18.1 Å². The Hall–Kier alpha value is -1.32. The van der Waals surface area contributed by atoms with E-state index in [-0.39, 0.29) is 0 Å². The van der Waals surface area contributed by atoms with Crippen LogP contribution in [0, 0.1) is 13.8 Å². The van der Waals surface area contributed by atoms with Gasteiger partial charge in [0, 0.05) is 0 Å². The fourth-order valence-corrected chi connectivity index (χ4v) is 7.32. The van der Waals surface area contributed by atoms with Crippen LogP contribution in [0.5, 0.6) is 0 Å². The van der Waals surface area contributed by atoms with E-state index in [1.165, 1.54) is 32.7 Å². The number of aryl methyl sites for hydroxylation is 2. The SMILES string of the molecule is C[CH]=[Ti+2].Cc1cc2c([Si](C)(C)C)cccc2[cH-]1.Cc1cc2c([Si](C)(C)C)cccc2[cH-]1. The van der Waals surface area contributed by atoms with Crippen LogP contribution in [0.25, 0.3) is 21.5 Å². The molecule has 0 aliphatic rings. The minimum absolute atomic E-state index is 1.18. The Labute approximate surface area is 203 Å². The van der Waals surface area contributed by atoms with Crippen molar-refractivity contribution in [3.8, 4) is 0 Å². The first-order chi connectivity index (χ1) is 14.4. The monoisotopic (exact) mass is 478 g/mol. The second kappa shape index (κ2) is 10.5. The van der Waals surface area contributed by atoms with Gasteiger partial charge in [0.05, 0.1) is 16.1 Å². The molecule has 0 aromatic heterocycles. The molecule has 0 atom stereocenters. The van der Waals surface area contributed by atoms with Gasteiger partial charge >= 0.3 is 31.2 Å². The molecule has 0 spiro atoms. The first kappa shape index (κ1) is 25.9. The van der Waals surface area contributed by atoms with Crippen molar-refractivity contribution in [3.63, 3.8) is 0 Å². The summed E-state index contributed by atoms with van der Waals surface area (Å²) >= 11 is 2.00. The summed E-state index contributed by atoms with van der Waals surface area (Å²) in [6.07, 6.45) is 0. The summed E-state index contributed by atoms with van der Waals surface area (Å²) in [6.45, 7) is 20.8. The minimum atomic E-state index is -1.18. The van der Waals surface area contributed by atoms with Crippen LogP contribution in [0.15, 0.2) is 60.7 Å². The van der Waals surface area contributed by atoms with E-state index in [4.69, 9.17) is 0 Å². The Balaban J connectivity index is 0.000000196. The molecule has 0 bridgehead atoms. The number of hydrogen-bond acceptors (Lipinski definition) is 0. The molecule has 0 aliphatic heterocycles. The van der Waals surface area contributed by atoms with E-state index >= 15 is 0 Å². The van der Waals surface area contributed by atoms with Crippen LogP contribution in [0.4, 0.5) is 0 Å². The van der Waals surface area contributed by atoms with Crippen LogP contribution in [0.2, 0.25) is 39.3 Å². The Bertz CT molecular complexity index is 1060. The van der Waals surface area contributed by atoms with Crippen molar-refractivity contribution < 1.29 is 20.0 Å². The van der Waals surface area contributed by atoms with Gasteiger partial charge in [-0.15, -0.1) is 68.7 Å². The molecule has 0 amide bonds. The second-order valence-corrected chi connectivity index (χ2v) is 21.4. The molecule has 0 fully saturated rings. The second-order valence-electron chi connectivity index (χ2n) is 10.5. The summed E-state index contributed by atoms with van der Waals surface area (Å²) < 4.78 is 2.00. The number of hydrogen-bond donors (Lipinski definition) is 0. The molecule has 31 heavy (non-hydrogen) atoms. The summed E-state index contributed by atoms with van der Waals surface area (Å²) in [5.41, 5.74) is 2.76. The predicted octanol–water partition coefficient (Wildman–Crippen LogP) is 7.18. The maximum atomic E-state index is 2.41. The number of benzene rings is 2. The molecule has 4 rings (SSSR count). The quantitative estimate of drug-likeness (QED) is 0.211. The van der Waals surface area contributed by atoms with Crippen LogP contribution in [-0.2, 0) is 20.0 Å². The van der Waals surface area contributed by atoms with Crippen LogP contribution >= 0.6 is 0 Å². The van der Waals surface area contributed by atoms with E-state index < -0.39 is 16.1 Å². The number of rotatable bonds is 2. The van der Waals surface area contributed by atoms with Gasteiger partial charge in [0.25, 0.3) is 0 Å². The van der Waals surface area contributed by atoms with Crippen molar-refractivity contribution in [2.24, 2.45) is 0 Å². The predicted molar refractivity (Wildman–Crippen MR) is 146 cm³/mol.